The fraction of sp³-hybridized carbons (Fsp3) is 0.158. The number of nitrogens with zero attached hydrogens (tertiary/aromatic N) is 1. The lowest BCUT2D eigenvalue weighted by atomic mass is 9.93. The second kappa shape index (κ2) is 7.62. The molecule has 2 aromatic carbocycles. The van der Waals surface area contributed by atoms with E-state index in [9.17, 15) is 18.4 Å². The second-order valence-electron chi connectivity index (χ2n) is 5.97. The summed E-state index contributed by atoms with van der Waals surface area (Å²) in [7, 11) is 5.82. The molecule has 0 aliphatic carbocycles. The molecule has 0 fully saturated rings. The normalized spacial score (nSPS) is 15.0. The predicted molar refractivity (Wildman–Crippen MR) is 95.7 cm³/mol. The van der Waals surface area contributed by atoms with Crippen LogP contribution in [0.1, 0.15) is 22.3 Å². The zero-order valence-corrected chi connectivity index (χ0v) is 13.8. The number of nitrogens with one attached hydrogen (secondary N) is 1. The highest BCUT2D eigenvalue weighted by Crippen LogP contribution is 2.26. The Morgan fingerprint density at radius 2 is 1.77 bits per heavy atom. The Balaban J connectivity index is 1.81. The summed E-state index contributed by atoms with van der Waals surface area (Å²) in [5.74, 6) is -2.72. The first-order valence-corrected chi connectivity index (χ1v) is 8.02. The lowest BCUT2D eigenvalue weighted by Gasteiger charge is -2.26. The van der Waals surface area contributed by atoms with Gasteiger partial charge < -0.3 is 10.1 Å². The number of amides is 1. The molecule has 4 nitrogen and oxygen atoms in total. The predicted octanol–water partition coefficient (Wildman–Crippen LogP) is 2.96. The molecule has 1 heterocycles. The first kappa shape index (κ1) is 18.0. The average molecular weight is 352 g/mol. The Bertz CT molecular complexity index is 861. The molecule has 7 heteroatoms. The van der Waals surface area contributed by atoms with Crippen LogP contribution in [0.15, 0.2) is 48.0 Å². The smallest absolute Gasteiger partial charge is 0.261 e. The molecule has 26 heavy (non-hydrogen) atoms. The average Bonchev–Trinajstić information content (AvgIpc) is 2.62. The number of hydrogen-bond donors (Lipinski definition) is 1. The van der Waals surface area contributed by atoms with E-state index in [1.165, 1.54) is 6.07 Å². The molecule has 1 aliphatic heterocycles. The third-order valence-corrected chi connectivity index (χ3v) is 4.24. The van der Waals surface area contributed by atoms with Crippen LogP contribution in [0.4, 0.5) is 14.5 Å². The van der Waals surface area contributed by atoms with Gasteiger partial charge in [-0.25, -0.2) is 8.78 Å². The third-order valence-electron chi connectivity index (χ3n) is 4.24. The molecule has 0 saturated heterocycles. The monoisotopic (exact) mass is 352 g/mol. The summed E-state index contributed by atoms with van der Waals surface area (Å²) < 4.78 is 27.3. The molecular weight excluding hydrogens is 337 g/mol. The number of anilines is 1. The molecule has 1 amide bonds. The molecule has 2 aromatic rings. The maximum absolute atomic E-state index is 13.7. The van der Waals surface area contributed by atoms with Crippen molar-refractivity contribution in [3.8, 4) is 0 Å². The Morgan fingerprint density at radius 3 is 2.38 bits per heavy atom. The zero-order chi connectivity index (χ0) is 18.7. The van der Waals surface area contributed by atoms with Crippen molar-refractivity contribution in [2.24, 2.45) is 0 Å². The number of halogens is 2. The van der Waals surface area contributed by atoms with E-state index in [1.54, 1.807) is 29.1 Å². The van der Waals surface area contributed by atoms with Gasteiger partial charge in [0.1, 0.15) is 23.5 Å². The minimum atomic E-state index is -0.926. The molecule has 1 N–H and O–H groups in total. The minimum Gasteiger partial charge on any atom is -0.350 e. The standard InChI is InChI=1S/C19H15BF2N2O2/c20-24-9-8-13(11-25)15(10-24)12-4-6-14(7-5-12)23-19(26)18-16(21)2-1-3-17(18)22/h1-7,11H,8-10H2,(H,23,26). The van der Waals surface area contributed by atoms with Crippen LogP contribution in [0, 0.1) is 11.6 Å². The van der Waals surface area contributed by atoms with Gasteiger partial charge in [0.25, 0.3) is 5.91 Å². The lowest BCUT2D eigenvalue weighted by Crippen LogP contribution is -2.29. The molecule has 3 rings (SSSR count). The molecule has 0 bridgehead atoms. The second-order valence-corrected chi connectivity index (χ2v) is 5.97. The minimum absolute atomic E-state index is 0.384. The summed E-state index contributed by atoms with van der Waals surface area (Å²) in [6.45, 7) is 1.06. The maximum Gasteiger partial charge on any atom is 0.261 e. The van der Waals surface area contributed by atoms with Crippen LogP contribution in [-0.2, 0) is 4.79 Å². The number of rotatable bonds is 4. The van der Waals surface area contributed by atoms with Gasteiger partial charge in [-0.15, -0.1) is 0 Å². The van der Waals surface area contributed by atoms with E-state index in [1.807, 2.05) is 0 Å². The summed E-state index contributed by atoms with van der Waals surface area (Å²) in [6.07, 6.45) is 1.40. The number of aldehydes is 1. The van der Waals surface area contributed by atoms with Gasteiger partial charge in [0.15, 0.2) is 7.98 Å². The Morgan fingerprint density at radius 1 is 1.12 bits per heavy atom. The summed E-state index contributed by atoms with van der Waals surface area (Å²) in [4.78, 5) is 25.0. The van der Waals surface area contributed by atoms with Gasteiger partial charge in [0, 0.05) is 12.2 Å². The summed E-state index contributed by atoms with van der Waals surface area (Å²) in [5, 5.41) is 2.46. The van der Waals surface area contributed by atoms with Gasteiger partial charge in [-0.2, -0.15) is 0 Å². The van der Waals surface area contributed by atoms with Gasteiger partial charge >= 0.3 is 0 Å². The van der Waals surface area contributed by atoms with Crippen LogP contribution >= 0.6 is 0 Å². The first-order valence-electron chi connectivity index (χ1n) is 8.02. The fourth-order valence-corrected chi connectivity index (χ4v) is 2.87. The highest BCUT2D eigenvalue weighted by molar-refractivity contribution is 6.06. The Kier molecular flexibility index (Phi) is 5.28. The van der Waals surface area contributed by atoms with E-state index in [-0.39, 0.29) is 0 Å². The fourth-order valence-electron chi connectivity index (χ4n) is 2.87. The van der Waals surface area contributed by atoms with E-state index in [2.05, 4.69) is 5.32 Å². The largest absolute Gasteiger partial charge is 0.350 e. The summed E-state index contributed by atoms with van der Waals surface area (Å²) in [6, 6.07) is 9.91. The molecule has 130 valence electrons. The van der Waals surface area contributed by atoms with E-state index in [0.717, 1.165) is 29.6 Å². The van der Waals surface area contributed by atoms with Crippen molar-refractivity contribution in [1.29, 1.82) is 0 Å². The molecule has 0 aromatic heterocycles. The molecule has 2 radical (unpaired) electrons. The Labute approximate surface area is 150 Å². The van der Waals surface area contributed by atoms with Crippen molar-refractivity contribution in [2.45, 2.75) is 6.42 Å². The lowest BCUT2D eigenvalue weighted by molar-refractivity contribution is -0.105. The van der Waals surface area contributed by atoms with Gasteiger partial charge in [-0.1, -0.05) is 18.2 Å². The highest BCUT2D eigenvalue weighted by Gasteiger charge is 2.19. The van der Waals surface area contributed by atoms with E-state index in [4.69, 9.17) is 7.98 Å². The first-order chi connectivity index (χ1) is 12.5. The van der Waals surface area contributed by atoms with Crippen LogP contribution in [0.5, 0.6) is 0 Å². The zero-order valence-electron chi connectivity index (χ0n) is 13.8. The Hall–Kier alpha value is -2.80. The van der Waals surface area contributed by atoms with Crippen molar-refractivity contribution < 1.29 is 18.4 Å². The molecule has 1 aliphatic rings. The van der Waals surface area contributed by atoms with Crippen molar-refractivity contribution in [3.05, 3.63) is 70.8 Å². The van der Waals surface area contributed by atoms with Crippen molar-refractivity contribution in [2.75, 3.05) is 18.4 Å². The third kappa shape index (κ3) is 3.73. The van der Waals surface area contributed by atoms with Gasteiger partial charge in [-0.3, -0.25) is 9.59 Å². The highest BCUT2D eigenvalue weighted by atomic mass is 19.1. The van der Waals surface area contributed by atoms with Crippen LogP contribution in [-0.4, -0.2) is 38.1 Å². The molecular formula is C19H15BF2N2O2. The SMILES string of the molecule is [B]N1CCC(C=O)=C(c2ccc(NC(=O)c3c(F)cccc3F)cc2)C1. The van der Waals surface area contributed by atoms with E-state index >= 15 is 0 Å². The number of carbonyl (C=O) groups excluding carboxylic acids is 2. The van der Waals surface area contributed by atoms with Crippen molar-refractivity contribution >= 4 is 31.4 Å². The van der Waals surface area contributed by atoms with E-state index in [0.29, 0.717) is 30.8 Å². The van der Waals surface area contributed by atoms with Crippen molar-refractivity contribution in [1.82, 2.24) is 4.81 Å². The molecule has 0 spiro atoms. The molecule has 0 saturated carbocycles. The van der Waals surface area contributed by atoms with Gasteiger partial charge in [-0.05, 0) is 53.9 Å². The number of hydrogen-bond acceptors (Lipinski definition) is 3. The van der Waals surface area contributed by atoms with Crippen LogP contribution in [0.25, 0.3) is 5.57 Å². The van der Waals surface area contributed by atoms with Crippen molar-refractivity contribution in [3.63, 3.8) is 0 Å². The van der Waals surface area contributed by atoms with E-state index < -0.39 is 23.1 Å². The van der Waals surface area contributed by atoms with Crippen LogP contribution in [0.3, 0.4) is 0 Å². The topological polar surface area (TPSA) is 49.4 Å². The van der Waals surface area contributed by atoms with Crippen LogP contribution in [0.2, 0.25) is 0 Å². The van der Waals surface area contributed by atoms with Crippen LogP contribution < -0.4 is 5.32 Å². The maximum atomic E-state index is 13.7. The van der Waals surface area contributed by atoms with Gasteiger partial charge in [0.2, 0.25) is 0 Å². The van der Waals surface area contributed by atoms with Gasteiger partial charge in [0.05, 0.1) is 0 Å². The number of carbonyl (C=O) groups is 2. The summed E-state index contributed by atoms with van der Waals surface area (Å²) in [5.41, 5.74) is 2.07. The molecule has 0 unspecified atom stereocenters. The number of benzene rings is 2. The quantitative estimate of drug-likeness (QED) is 0.680. The molecule has 0 atom stereocenters. The summed E-state index contributed by atoms with van der Waals surface area (Å²) >= 11 is 0.